The van der Waals surface area contributed by atoms with E-state index in [1.54, 1.807) is 44.7 Å². The van der Waals surface area contributed by atoms with Gasteiger partial charge < -0.3 is 18.9 Å². The summed E-state index contributed by atoms with van der Waals surface area (Å²) in [5, 5.41) is 0.669. The molecular weight excluding hydrogens is 428 g/mol. The average molecular weight is 457 g/mol. The minimum atomic E-state index is -4.00. The van der Waals surface area contributed by atoms with Crippen molar-refractivity contribution >= 4 is 27.2 Å². The first-order valence-electron chi connectivity index (χ1n) is 9.54. The smallest absolute Gasteiger partial charge is 0.422 e. The van der Waals surface area contributed by atoms with Crippen molar-refractivity contribution in [2.24, 2.45) is 0 Å². The molecule has 1 amide bonds. The molecule has 2 N–H and O–H groups in total. The molecule has 0 unspecified atom stereocenters. The van der Waals surface area contributed by atoms with E-state index in [1.807, 2.05) is 0 Å². The van der Waals surface area contributed by atoms with Gasteiger partial charge in [0.15, 0.2) is 11.5 Å². The Hall–Kier alpha value is -2.86. The number of carbonyl (C=O) groups is 1. The van der Waals surface area contributed by atoms with E-state index in [-0.39, 0.29) is 6.54 Å². The number of carbonyl (C=O) groups excluding carboxylic acids is 1. The fourth-order valence-electron chi connectivity index (χ4n) is 2.52. The number of amides is 1. The molecule has 11 nitrogen and oxygen atoms in total. The Labute approximate surface area is 181 Å². The summed E-state index contributed by atoms with van der Waals surface area (Å²) in [5.74, 6) is 1.46. The van der Waals surface area contributed by atoms with E-state index in [0.29, 0.717) is 47.7 Å². The van der Waals surface area contributed by atoms with Crippen molar-refractivity contribution in [2.75, 3.05) is 27.4 Å². The molecule has 12 heteroatoms. The molecule has 0 saturated carbocycles. The number of aromatic nitrogens is 2. The van der Waals surface area contributed by atoms with Crippen molar-refractivity contribution in [3.8, 4) is 17.4 Å². The van der Waals surface area contributed by atoms with E-state index in [0.717, 1.165) is 0 Å². The van der Waals surface area contributed by atoms with Crippen LogP contribution in [-0.4, -0.2) is 57.5 Å². The second kappa shape index (κ2) is 10.4. The first-order chi connectivity index (χ1) is 14.5. The predicted octanol–water partition coefficient (Wildman–Crippen LogP) is 2.17. The van der Waals surface area contributed by atoms with Crippen LogP contribution in [0.5, 0.6) is 17.4 Å². The van der Waals surface area contributed by atoms with Crippen LogP contribution in [0, 0.1) is 0 Å². The molecule has 0 radical (unpaired) electrons. The Bertz CT molecular complexity index is 1010. The standard InChI is InChI=1S/C19H28N4O7S/c1-19(2,3)30-18(24)23-31(25,26)22-8-6-7-9-29-17-13-10-15(27-4)16(28-5)11-14(13)20-12-21-17/h10-12,22H,6-9H2,1-5H3,(H,23,24). The highest BCUT2D eigenvalue weighted by molar-refractivity contribution is 7.88. The van der Waals surface area contributed by atoms with Crippen LogP contribution >= 0.6 is 0 Å². The third-order valence-electron chi connectivity index (χ3n) is 3.82. The van der Waals surface area contributed by atoms with Crippen molar-refractivity contribution in [2.45, 2.75) is 39.2 Å². The molecule has 0 fully saturated rings. The number of rotatable bonds is 10. The highest BCUT2D eigenvalue weighted by Crippen LogP contribution is 2.34. The predicted molar refractivity (Wildman–Crippen MR) is 114 cm³/mol. The topological polar surface area (TPSA) is 138 Å². The number of hydrogen-bond acceptors (Lipinski definition) is 9. The van der Waals surface area contributed by atoms with Gasteiger partial charge in [0.25, 0.3) is 0 Å². The van der Waals surface area contributed by atoms with Gasteiger partial charge in [0, 0.05) is 12.6 Å². The molecule has 172 valence electrons. The van der Waals surface area contributed by atoms with Gasteiger partial charge in [-0.15, -0.1) is 0 Å². The van der Waals surface area contributed by atoms with Crippen molar-refractivity contribution in [3.63, 3.8) is 0 Å². The van der Waals surface area contributed by atoms with Crippen LogP contribution < -0.4 is 23.7 Å². The Morgan fingerprint density at radius 2 is 1.74 bits per heavy atom. The number of fused-ring (bicyclic) bond motifs is 1. The first kappa shape index (κ1) is 24.4. The zero-order valence-corrected chi connectivity index (χ0v) is 19.0. The van der Waals surface area contributed by atoms with Gasteiger partial charge in [-0.1, -0.05) is 0 Å². The lowest BCUT2D eigenvalue weighted by atomic mass is 10.2. The fraction of sp³-hybridized carbons (Fsp3) is 0.526. The number of nitrogens with zero attached hydrogens (tertiary/aromatic N) is 2. The SMILES string of the molecule is COc1cc2ncnc(OCCCCNS(=O)(=O)NC(=O)OC(C)(C)C)c2cc1OC. The van der Waals surface area contributed by atoms with Gasteiger partial charge >= 0.3 is 16.3 Å². The maximum Gasteiger partial charge on any atom is 0.422 e. The Balaban J connectivity index is 1.83. The van der Waals surface area contributed by atoms with Crippen molar-refractivity contribution < 1.29 is 32.2 Å². The number of nitrogens with one attached hydrogen (secondary N) is 2. The van der Waals surface area contributed by atoms with Crippen LogP contribution in [0.25, 0.3) is 10.9 Å². The number of unbranched alkanes of at least 4 members (excludes halogenated alkanes) is 1. The van der Waals surface area contributed by atoms with Crippen molar-refractivity contribution in [3.05, 3.63) is 18.5 Å². The quantitative estimate of drug-likeness (QED) is 0.515. The van der Waals surface area contributed by atoms with Crippen molar-refractivity contribution in [1.82, 2.24) is 19.4 Å². The zero-order chi connectivity index (χ0) is 23.1. The van der Waals surface area contributed by atoms with Crippen LogP contribution in [0.1, 0.15) is 33.6 Å². The summed E-state index contributed by atoms with van der Waals surface area (Å²) >= 11 is 0. The van der Waals surface area contributed by atoms with Crippen LogP contribution in [-0.2, 0) is 14.9 Å². The van der Waals surface area contributed by atoms with E-state index in [9.17, 15) is 13.2 Å². The van der Waals surface area contributed by atoms with Gasteiger partial charge in [0.2, 0.25) is 5.88 Å². The second-order valence-electron chi connectivity index (χ2n) is 7.46. The van der Waals surface area contributed by atoms with Crippen LogP contribution in [0.4, 0.5) is 4.79 Å². The Morgan fingerprint density at radius 1 is 1.06 bits per heavy atom. The number of ether oxygens (including phenoxy) is 4. The van der Waals surface area contributed by atoms with Gasteiger partial charge in [0.05, 0.1) is 31.7 Å². The number of hydrogen-bond donors (Lipinski definition) is 2. The molecule has 1 aromatic heterocycles. The second-order valence-corrected chi connectivity index (χ2v) is 8.96. The molecule has 0 aliphatic carbocycles. The molecule has 31 heavy (non-hydrogen) atoms. The van der Waals surface area contributed by atoms with Crippen LogP contribution in [0.3, 0.4) is 0 Å². The molecule has 0 bridgehead atoms. The van der Waals surface area contributed by atoms with Gasteiger partial charge in [-0.3, -0.25) is 0 Å². The normalized spacial score (nSPS) is 11.8. The molecule has 1 aromatic carbocycles. The molecule has 0 saturated heterocycles. The van der Waals surface area contributed by atoms with E-state index in [2.05, 4.69) is 14.7 Å². The number of benzene rings is 1. The summed E-state index contributed by atoms with van der Waals surface area (Å²) in [7, 11) is -0.922. The zero-order valence-electron chi connectivity index (χ0n) is 18.2. The summed E-state index contributed by atoms with van der Waals surface area (Å²) in [6, 6.07) is 3.47. The summed E-state index contributed by atoms with van der Waals surface area (Å²) in [6.07, 6.45) is 1.38. The third-order valence-corrected chi connectivity index (χ3v) is 4.84. The largest absolute Gasteiger partial charge is 0.493 e. The van der Waals surface area contributed by atoms with Gasteiger partial charge in [0.1, 0.15) is 11.9 Å². The van der Waals surface area contributed by atoms with E-state index >= 15 is 0 Å². The fourth-order valence-corrected chi connectivity index (χ4v) is 3.27. The molecule has 2 rings (SSSR count). The highest BCUT2D eigenvalue weighted by atomic mass is 32.2. The number of methoxy groups -OCH3 is 2. The lowest BCUT2D eigenvalue weighted by Crippen LogP contribution is -2.43. The minimum absolute atomic E-state index is 0.122. The molecule has 0 atom stereocenters. The van der Waals surface area contributed by atoms with Crippen molar-refractivity contribution in [1.29, 1.82) is 0 Å². The lowest BCUT2D eigenvalue weighted by molar-refractivity contribution is 0.0569. The van der Waals surface area contributed by atoms with E-state index in [1.165, 1.54) is 13.4 Å². The van der Waals surface area contributed by atoms with E-state index in [4.69, 9.17) is 18.9 Å². The molecule has 2 aromatic rings. The molecular formula is C19H28N4O7S. The molecule has 1 heterocycles. The van der Waals surface area contributed by atoms with Gasteiger partial charge in [-0.05, 0) is 39.7 Å². The third kappa shape index (κ3) is 7.72. The molecule has 0 aliphatic heterocycles. The van der Waals surface area contributed by atoms with Crippen LogP contribution in [0.2, 0.25) is 0 Å². The Kier molecular flexibility index (Phi) is 8.22. The Morgan fingerprint density at radius 3 is 2.39 bits per heavy atom. The van der Waals surface area contributed by atoms with E-state index < -0.39 is 21.9 Å². The maximum absolute atomic E-state index is 11.8. The highest BCUT2D eigenvalue weighted by Gasteiger charge is 2.20. The van der Waals surface area contributed by atoms with Crippen LogP contribution in [0.15, 0.2) is 18.5 Å². The van der Waals surface area contributed by atoms with Gasteiger partial charge in [-0.2, -0.15) is 13.1 Å². The summed E-state index contributed by atoms with van der Waals surface area (Å²) in [4.78, 5) is 19.9. The maximum atomic E-state index is 11.8. The minimum Gasteiger partial charge on any atom is -0.493 e. The summed E-state index contributed by atoms with van der Waals surface area (Å²) in [6.45, 7) is 5.35. The lowest BCUT2D eigenvalue weighted by Gasteiger charge is -2.19. The summed E-state index contributed by atoms with van der Waals surface area (Å²) in [5.41, 5.74) is -0.152. The molecule has 0 aliphatic rings. The summed E-state index contributed by atoms with van der Waals surface area (Å²) < 4.78 is 49.0. The first-order valence-corrected chi connectivity index (χ1v) is 11.0. The van der Waals surface area contributed by atoms with Gasteiger partial charge in [-0.25, -0.2) is 19.5 Å². The molecule has 0 spiro atoms. The average Bonchev–Trinajstić information content (AvgIpc) is 2.67. The monoisotopic (exact) mass is 456 g/mol.